The molecule has 29 heavy (non-hydrogen) atoms. The Bertz CT molecular complexity index is 1150. The Morgan fingerprint density at radius 3 is 2.69 bits per heavy atom. The zero-order valence-electron chi connectivity index (χ0n) is 15.5. The standard InChI is InChI=1S/C19H16F2N4O3S/c1-26-11-7-8-12(15(9-11)27-2)17-23-24-19(28-17)29-10-16-22-13-5-3-4-6-14(13)25(16)18(20)21/h3-9,18H,10H2,1-2H3. The molecule has 0 radical (unpaired) electrons. The van der Waals surface area contributed by atoms with Gasteiger partial charge >= 0.3 is 6.55 Å². The molecule has 0 spiro atoms. The van der Waals surface area contributed by atoms with Crippen LogP contribution in [0.25, 0.3) is 22.5 Å². The molecule has 0 aliphatic carbocycles. The summed E-state index contributed by atoms with van der Waals surface area (Å²) in [6.45, 7) is -2.69. The Hall–Kier alpha value is -3.14. The van der Waals surface area contributed by atoms with Crippen molar-refractivity contribution in [1.82, 2.24) is 19.7 Å². The van der Waals surface area contributed by atoms with Crippen LogP contribution in [0.5, 0.6) is 11.5 Å². The van der Waals surface area contributed by atoms with Crippen molar-refractivity contribution in [1.29, 1.82) is 0 Å². The van der Waals surface area contributed by atoms with Crippen molar-refractivity contribution in [3.05, 3.63) is 48.3 Å². The molecule has 4 aromatic rings. The summed E-state index contributed by atoms with van der Waals surface area (Å²) in [5.41, 5.74) is 1.50. The van der Waals surface area contributed by atoms with E-state index in [1.54, 1.807) is 49.6 Å². The Balaban J connectivity index is 1.57. The smallest absolute Gasteiger partial charge is 0.320 e. The van der Waals surface area contributed by atoms with Crippen molar-refractivity contribution in [2.24, 2.45) is 0 Å². The van der Waals surface area contributed by atoms with Crippen molar-refractivity contribution in [3.63, 3.8) is 0 Å². The van der Waals surface area contributed by atoms with Gasteiger partial charge < -0.3 is 13.9 Å². The second kappa shape index (κ2) is 8.08. The maximum absolute atomic E-state index is 13.5. The summed E-state index contributed by atoms with van der Waals surface area (Å²) >= 11 is 1.13. The van der Waals surface area contributed by atoms with Gasteiger partial charge in [0.1, 0.15) is 17.3 Å². The van der Waals surface area contributed by atoms with Crippen LogP contribution in [0.1, 0.15) is 12.4 Å². The van der Waals surface area contributed by atoms with Crippen LogP contribution in [0.2, 0.25) is 0 Å². The normalized spacial score (nSPS) is 11.3. The highest BCUT2D eigenvalue weighted by Crippen LogP contribution is 2.34. The molecule has 150 valence electrons. The lowest BCUT2D eigenvalue weighted by atomic mass is 10.2. The van der Waals surface area contributed by atoms with Gasteiger partial charge in [0.2, 0.25) is 0 Å². The summed E-state index contributed by atoms with van der Waals surface area (Å²) in [6, 6.07) is 12.0. The molecule has 0 amide bonds. The molecule has 0 N–H and O–H groups in total. The van der Waals surface area contributed by atoms with Crippen LogP contribution >= 0.6 is 11.8 Å². The molecule has 2 aromatic carbocycles. The van der Waals surface area contributed by atoms with Crippen LogP contribution in [0.3, 0.4) is 0 Å². The zero-order valence-corrected chi connectivity index (χ0v) is 16.3. The van der Waals surface area contributed by atoms with Crippen molar-refractivity contribution in [3.8, 4) is 23.0 Å². The summed E-state index contributed by atoms with van der Waals surface area (Å²) < 4.78 is 44.2. The molecular weight excluding hydrogens is 402 g/mol. The van der Waals surface area contributed by atoms with E-state index >= 15 is 0 Å². The van der Waals surface area contributed by atoms with E-state index in [0.29, 0.717) is 28.1 Å². The number of ether oxygens (including phenoxy) is 2. The highest BCUT2D eigenvalue weighted by molar-refractivity contribution is 7.98. The molecule has 0 unspecified atom stereocenters. The number of fused-ring (bicyclic) bond motifs is 1. The van der Waals surface area contributed by atoms with E-state index in [1.165, 1.54) is 7.11 Å². The van der Waals surface area contributed by atoms with Gasteiger partial charge in [-0.2, -0.15) is 8.78 Å². The predicted molar refractivity (Wildman–Crippen MR) is 103 cm³/mol. The fourth-order valence-corrected chi connectivity index (χ4v) is 3.59. The number of aromatic nitrogens is 4. The quantitative estimate of drug-likeness (QED) is 0.399. The van der Waals surface area contributed by atoms with E-state index in [0.717, 1.165) is 16.3 Å². The number of alkyl halides is 2. The summed E-state index contributed by atoms with van der Waals surface area (Å²) in [5, 5.41) is 8.26. The van der Waals surface area contributed by atoms with Gasteiger partial charge in [-0.3, -0.25) is 4.57 Å². The number of hydrogen-bond donors (Lipinski definition) is 0. The van der Waals surface area contributed by atoms with Gasteiger partial charge in [0, 0.05) is 6.07 Å². The van der Waals surface area contributed by atoms with Crippen molar-refractivity contribution < 1.29 is 22.7 Å². The van der Waals surface area contributed by atoms with Crippen LogP contribution in [0.4, 0.5) is 8.78 Å². The molecule has 0 atom stereocenters. The van der Waals surface area contributed by atoms with Gasteiger partial charge in [-0.15, -0.1) is 10.2 Å². The first-order chi connectivity index (χ1) is 14.1. The highest BCUT2D eigenvalue weighted by Gasteiger charge is 2.19. The van der Waals surface area contributed by atoms with E-state index in [-0.39, 0.29) is 22.7 Å². The minimum Gasteiger partial charge on any atom is -0.497 e. The summed E-state index contributed by atoms with van der Waals surface area (Å²) in [7, 11) is 3.09. The Morgan fingerprint density at radius 1 is 1.10 bits per heavy atom. The Morgan fingerprint density at radius 2 is 1.93 bits per heavy atom. The lowest BCUT2D eigenvalue weighted by Crippen LogP contribution is -2.03. The lowest BCUT2D eigenvalue weighted by molar-refractivity contribution is 0.0722. The van der Waals surface area contributed by atoms with Crippen LogP contribution in [0.15, 0.2) is 52.1 Å². The number of para-hydroxylation sites is 2. The second-order valence-electron chi connectivity index (χ2n) is 5.89. The molecule has 0 aliphatic heterocycles. The first-order valence-electron chi connectivity index (χ1n) is 8.53. The molecule has 2 aromatic heterocycles. The first-order valence-corrected chi connectivity index (χ1v) is 9.52. The van der Waals surface area contributed by atoms with Gasteiger partial charge in [0.05, 0.1) is 36.6 Å². The van der Waals surface area contributed by atoms with Crippen LogP contribution < -0.4 is 9.47 Å². The number of benzene rings is 2. The van der Waals surface area contributed by atoms with Gasteiger partial charge in [0.25, 0.3) is 11.1 Å². The van der Waals surface area contributed by atoms with E-state index in [2.05, 4.69) is 15.2 Å². The maximum Gasteiger partial charge on any atom is 0.320 e. The number of thioether (sulfide) groups is 1. The third-order valence-corrected chi connectivity index (χ3v) is 5.05. The predicted octanol–water partition coefficient (Wildman–Crippen LogP) is 4.79. The molecule has 10 heteroatoms. The van der Waals surface area contributed by atoms with Crippen LogP contribution in [-0.4, -0.2) is 34.0 Å². The van der Waals surface area contributed by atoms with Crippen LogP contribution in [0, 0.1) is 0 Å². The van der Waals surface area contributed by atoms with Crippen molar-refractivity contribution in [2.75, 3.05) is 14.2 Å². The number of halogens is 2. The number of hydrogen-bond acceptors (Lipinski definition) is 7. The first kappa shape index (κ1) is 19.2. The lowest BCUT2D eigenvalue weighted by Gasteiger charge is -2.07. The molecule has 0 saturated heterocycles. The minimum atomic E-state index is -2.69. The Kier molecular flexibility index (Phi) is 5.34. The maximum atomic E-state index is 13.5. The van der Waals surface area contributed by atoms with Gasteiger partial charge in [-0.1, -0.05) is 23.9 Å². The number of nitrogens with zero attached hydrogens (tertiary/aromatic N) is 4. The molecule has 2 heterocycles. The van der Waals surface area contributed by atoms with Gasteiger partial charge in [0.15, 0.2) is 0 Å². The number of methoxy groups -OCH3 is 2. The minimum absolute atomic E-state index is 0.153. The van der Waals surface area contributed by atoms with E-state index in [9.17, 15) is 8.78 Å². The average Bonchev–Trinajstić information content (AvgIpc) is 3.35. The SMILES string of the molecule is COc1ccc(-c2nnc(SCc3nc4ccccc4n3C(F)F)o2)c(OC)c1. The largest absolute Gasteiger partial charge is 0.497 e. The van der Waals surface area contributed by atoms with E-state index in [4.69, 9.17) is 13.9 Å². The number of rotatable bonds is 7. The van der Waals surface area contributed by atoms with Gasteiger partial charge in [-0.25, -0.2) is 4.98 Å². The summed E-state index contributed by atoms with van der Waals surface area (Å²) in [6.07, 6.45) is 0. The second-order valence-corrected chi connectivity index (χ2v) is 6.82. The molecule has 4 rings (SSSR count). The van der Waals surface area contributed by atoms with Crippen molar-refractivity contribution >= 4 is 22.8 Å². The summed E-state index contributed by atoms with van der Waals surface area (Å²) in [5.74, 6) is 1.79. The molecule has 0 fully saturated rings. The summed E-state index contributed by atoms with van der Waals surface area (Å²) in [4.78, 5) is 4.30. The fourth-order valence-electron chi connectivity index (χ4n) is 2.89. The fraction of sp³-hybridized carbons (Fsp3) is 0.211. The highest BCUT2D eigenvalue weighted by atomic mass is 32.2. The molecule has 0 aliphatic rings. The van der Waals surface area contributed by atoms with E-state index in [1.807, 2.05) is 0 Å². The van der Waals surface area contributed by atoms with Gasteiger partial charge in [-0.05, 0) is 24.3 Å². The monoisotopic (exact) mass is 418 g/mol. The third-order valence-electron chi connectivity index (χ3n) is 4.23. The molecule has 7 nitrogen and oxygen atoms in total. The third kappa shape index (κ3) is 3.75. The average molecular weight is 418 g/mol. The molecular formula is C19H16F2N4O3S. The zero-order chi connectivity index (χ0) is 20.4. The molecule has 0 bridgehead atoms. The Labute approximate surface area is 168 Å². The van der Waals surface area contributed by atoms with E-state index < -0.39 is 6.55 Å². The topological polar surface area (TPSA) is 75.2 Å². The van der Waals surface area contributed by atoms with Crippen LogP contribution in [-0.2, 0) is 5.75 Å². The van der Waals surface area contributed by atoms with Crippen molar-refractivity contribution in [2.45, 2.75) is 17.5 Å². The number of imidazole rings is 1. The molecule has 0 saturated carbocycles.